The molecule has 2 aliphatic rings. The fraction of sp³-hybridized carbons (Fsp3) is 0.875. The summed E-state index contributed by atoms with van der Waals surface area (Å²) in [6, 6.07) is 0.637. The molecule has 0 aromatic heterocycles. The number of amides is 1. The number of carbonyl (C=O) groups is 1. The van der Waals surface area contributed by atoms with Gasteiger partial charge in [-0.05, 0) is 18.8 Å². The molecule has 0 N–H and O–H groups in total. The highest BCUT2D eigenvalue weighted by Gasteiger charge is 2.37. The summed E-state index contributed by atoms with van der Waals surface area (Å²) in [5.74, 6) is 0.989. The third-order valence-corrected chi connectivity index (χ3v) is 2.34. The summed E-state index contributed by atoms with van der Waals surface area (Å²) in [5, 5.41) is 0. The Kier molecular flexibility index (Phi) is 1.22. The maximum atomic E-state index is 11.2. The second-order valence-corrected chi connectivity index (χ2v) is 3.59. The second kappa shape index (κ2) is 1.97. The third-order valence-electron chi connectivity index (χ3n) is 2.34. The van der Waals surface area contributed by atoms with Crippen LogP contribution in [0.4, 0.5) is 0 Å². The van der Waals surface area contributed by atoms with E-state index in [4.69, 9.17) is 0 Å². The van der Waals surface area contributed by atoms with E-state index in [1.807, 2.05) is 0 Å². The van der Waals surface area contributed by atoms with Crippen LogP contribution >= 0.6 is 0 Å². The average Bonchev–Trinajstić information content (AvgIpc) is 2.61. The van der Waals surface area contributed by atoms with E-state index in [1.165, 1.54) is 12.8 Å². The fourth-order valence-corrected chi connectivity index (χ4v) is 1.66. The lowest BCUT2D eigenvalue weighted by atomic mass is 10.2. The summed E-state index contributed by atoms with van der Waals surface area (Å²) in [7, 11) is 0. The van der Waals surface area contributed by atoms with Crippen molar-refractivity contribution in [3.63, 3.8) is 0 Å². The standard InChI is InChI=1S/C8H13NO/c1-6-4-8(10)9(5-6)7-2-3-7/h6-7H,2-5H2,1H3. The minimum atomic E-state index is 0.384. The first-order valence-corrected chi connectivity index (χ1v) is 4.07. The molecule has 2 fully saturated rings. The molecule has 0 bridgehead atoms. The summed E-state index contributed by atoms with van der Waals surface area (Å²) in [4.78, 5) is 13.3. The minimum absolute atomic E-state index is 0.384. The third kappa shape index (κ3) is 0.917. The van der Waals surface area contributed by atoms with E-state index in [2.05, 4.69) is 11.8 Å². The Morgan fingerprint density at radius 2 is 2.20 bits per heavy atom. The number of nitrogens with zero attached hydrogens (tertiary/aromatic N) is 1. The van der Waals surface area contributed by atoms with Gasteiger partial charge in [0.05, 0.1) is 0 Å². The molecule has 2 heteroatoms. The van der Waals surface area contributed by atoms with E-state index in [9.17, 15) is 4.79 Å². The molecule has 0 aromatic carbocycles. The van der Waals surface area contributed by atoms with E-state index >= 15 is 0 Å². The van der Waals surface area contributed by atoms with E-state index in [0.29, 0.717) is 17.9 Å². The van der Waals surface area contributed by atoms with Gasteiger partial charge in [-0.3, -0.25) is 4.79 Å². The summed E-state index contributed by atoms with van der Waals surface area (Å²) in [6.45, 7) is 3.17. The number of carbonyl (C=O) groups excluding carboxylic acids is 1. The van der Waals surface area contributed by atoms with Gasteiger partial charge in [0.25, 0.3) is 0 Å². The summed E-state index contributed by atoms with van der Waals surface area (Å²) < 4.78 is 0. The Balaban J connectivity index is 2.01. The van der Waals surface area contributed by atoms with Crippen molar-refractivity contribution < 1.29 is 4.79 Å². The first-order valence-electron chi connectivity index (χ1n) is 4.07. The van der Waals surface area contributed by atoms with Crippen molar-refractivity contribution in [3.8, 4) is 0 Å². The van der Waals surface area contributed by atoms with Gasteiger partial charge < -0.3 is 4.90 Å². The molecule has 1 unspecified atom stereocenters. The lowest BCUT2D eigenvalue weighted by Gasteiger charge is -2.13. The van der Waals surface area contributed by atoms with Crippen LogP contribution in [-0.2, 0) is 4.79 Å². The van der Waals surface area contributed by atoms with Crippen LogP contribution in [0, 0.1) is 5.92 Å². The molecule has 2 nitrogen and oxygen atoms in total. The zero-order valence-electron chi connectivity index (χ0n) is 6.34. The van der Waals surface area contributed by atoms with Crippen molar-refractivity contribution in [2.24, 2.45) is 5.92 Å². The predicted octanol–water partition coefficient (Wildman–Crippen LogP) is 1.02. The first-order chi connectivity index (χ1) is 4.77. The molecule has 1 aliphatic heterocycles. The van der Waals surface area contributed by atoms with Gasteiger partial charge in [-0.1, -0.05) is 6.92 Å². The van der Waals surface area contributed by atoms with Crippen molar-refractivity contribution in [2.45, 2.75) is 32.2 Å². The summed E-state index contributed by atoms with van der Waals surface area (Å²) >= 11 is 0. The van der Waals surface area contributed by atoms with Crippen molar-refractivity contribution in [1.29, 1.82) is 0 Å². The SMILES string of the molecule is CC1CC(=O)N(C2CC2)C1. The predicted molar refractivity (Wildman–Crippen MR) is 38.5 cm³/mol. The molecule has 1 amide bonds. The largest absolute Gasteiger partial charge is 0.339 e. The quantitative estimate of drug-likeness (QED) is 0.531. The number of rotatable bonds is 1. The van der Waals surface area contributed by atoms with Crippen molar-refractivity contribution in [3.05, 3.63) is 0 Å². The lowest BCUT2D eigenvalue weighted by molar-refractivity contribution is -0.128. The van der Waals surface area contributed by atoms with Gasteiger partial charge in [0.2, 0.25) is 5.91 Å². The molecular weight excluding hydrogens is 126 g/mol. The van der Waals surface area contributed by atoms with Gasteiger partial charge >= 0.3 is 0 Å². The molecule has 2 rings (SSSR count). The van der Waals surface area contributed by atoms with Crippen LogP contribution in [-0.4, -0.2) is 23.4 Å². The van der Waals surface area contributed by atoms with Gasteiger partial charge in [0.1, 0.15) is 0 Å². The van der Waals surface area contributed by atoms with Gasteiger partial charge in [-0.2, -0.15) is 0 Å². The van der Waals surface area contributed by atoms with Crippen LogP contribution in [0.25, 0.3) is 0 Å². The Hall–Kier alpha value is -0.530. The second-order valence-electron chi connectivity index (χ2n) is 3.59. The van der Waals surface area contributed by atoms with Crippen LogP contribution in [0.15, 0.2) is 0 Å². The van der Waals surface area contributed by atoms with Crippen molar-refractivity contribution >= 4 is 5.91 Å². The molecule has 0 radical (unpaired) electrons. The number of hydrogen-bond acceptors (Lipinski definition) is 1. The lowest BCUT2D eigenvalue weighted by Crippen LogP contribution is -2.27. The monoisotopic (exact) mass is 139 g/mol. The molecule has 0 aromatic rings. The van der Waals surface area contributed by atoms with Crippen LogP contribution in [0.1, 0.15) is 26.2 Å². The van der Waals surface area contributed by atoms with Crippen molar-refractivity contribution in [1.82, 2.24) is 4.90 Å². The zero-order valence-corrected chi connectivity index (χ0v) is 6.34. The van der Waals surface area contributed by atoms with E-state index in [0.717, 1.165) is 13.0 Å². The highest BCUT2D eigenvalue weighted by molar-refractivity contribution is 5.79. The van der Waals surface area contributed by atoms with Gasteiger partial charge in [-0.25, -0.2) is 0 Å². The van der Waals surface area contributed by atoms with E-state index < -0.39 is 0 Å². The average molecular weight is 139 g/mol. The summed E-state index contributed by atoms with van der Waals surface area (Å²) in [6.07, 6.45) is 3.29. The van der Waals surface area contributed by atoms with E-state index in [-0.39, 0.29) is 0 Å². The molecule has 1 heterocycles. The number of hydrogen-bond donors (Lipinski definition) is 0. The fourth-order valence-electron chi connectivity index (χ4n) is 1.66. The molecule has 0 spiro atoms. The maximum absolute atomic E-state index is 11.2. The molecule has 1 atom stereocenters. The highest BCUT2D eigenvalue weighted by Crippen LogP contribution is 2.32. The molecule has 56 valence electrons. The van der Waals surface area contributed by atoms with Crippen LogP contribution < -0.4 is 0 Å². The molecular formula is C8H13NO. The zero-order chi connectivity index (χ0) is 7.14. The Labute approximate surface area is 61.2 Å². The Morgan fingerprint density at radius 3 is 2.60 bits per heavy atom. The van der Waals surface area contributed by atoms with Gasteiger partial charge in [0, 0.05) is 19.0 Å². The molecule has 1 aliphatic carbocycles. The highest BCUT2D eigenvalue weighted by atomic mass is 16.2. The smallest absolute Gasteiger partial charge is 0.223 e. The van der Waals surface area contributed by atoms with Crippen molar-refractivity contribution in [2.75, 3.05) is 6.54 Å². The molecule has 10 heavy (non-hydrogen) atoms. The van der Waals surface area contributed by atoms with Crippen LogP contribution in [0.5, 0.6) is 0 Å². The van der Waals surface area contributed by atoms with Crippen LogP contribution in [0.3, 0.4) is 0 Å². The minimum Gasteiger partial charge on any atom is -0.339 e. The number of likely N-dealkylation sites (tertiary alicyclic amines) is 1. The van der Waals surface area contributed by atoms with Crippen LogP contribution in [0.2, 0.25) is 0 Å². The van der Waals surface area contributed by atoms with E-state index in [1.54, 1.807) is 0 Å². The molecule has 1 saturated heterocycles. The Bertz CT molecular complexity index is 163. The van der Waals surface area contributed by atoms with Gasteiger partial charge in [0.15, 0.2) is 0 Å². The first kappa shape index (κ1) is 6.20. The van der Waals surface area contributed by atoms with Gasteiger partial charge in [-0.15, -0.1) is 0 Å². The Morgan fingerprint density at radius 1 is 1.50 bits per heavy atom. The summed E-state index contributed by atoms with van der Waals surface area (Å²) in [5.41, 5.74) is 0. The topological polar surface area (TPSA) is 20.3 Å². The maximum Gasteiger partial charge on any atom is 0.223 e. The normalized spacial score (nSPS) is 33.5. The molecule has 1 saturated carbocycles.